The maximum absolute atomic E-state index is 6.95. The summed E-state index contributed by atoms with van der Waals surface area (Å²) in [5, 5.41) is 2.10. The predicted molar refractivity (Wildman–Crippen MR) is 221 cm³/mol. The van der Waals surface area contributed by atoms with E-state index in [1.165, 1.54) is 0 Å². The standard InChI is InChI=1S/C49H31N5O/c1-3-12-32(13-4-1)47-52-48(33-14-5-2-6-15-33)54-49(53-47)35-17-7-16-34(26-35)41-20-8-22-43-44-23-9-21-42(46(44)55-45(41)43)40-28-38(36-18-10-24-50-30-36)27-39(29-40)37-19-11-25-51-31-37/h1-31H. The van der Waals surface area contributed by atoms with Crippen LogP contribution >= 0.6 is 0 Å². The fourth-order valence-electron chi connectivity index (χ4n) is 7.22. The SMILES string of the molecule is c1ccc(-c2nc(-c3ccccc3)nc(-c3cccc(-c4cccc5c4oc4c(-c6cc(-c7cccnc7)cc(-c7cccnc7)c6)cccc45)c3)n2)cc1. The molecule has 0 fully saturated rings. The zero-order valence-corrected chi connectivity index (χ0v) is 29.5. The number of rotatable bonds is 7. The van der Waals surface area contributed by atoms with Crippen LogP contribution in [0.4, 0.5) is 0 Å². The van der Waals surface area contributed by atoms with Gasteiger partial charge in [-0.15, -0.1) is 0 Å². The lowest BCUT2D eigenvalue weighted by atomic mass is 9.93. The van der Waals surface area contributed by atoms with Gasteiger partial charge in [0, 0.05) is 74.5 Å². The molecule has 258 valence electrons. The summed E-state index contributed by atoms with van der Waals surface area (Å²) in [6, 6.07) is 55.9. The quantitative estimate of drug-likeness (QED) is 0.164. The van der Waals surface area contributed by atoms with Gasteiger partial charge in [-0.2, -0.15) is 0 Å². The highest BCUT2D eigenvalue weighted by molar-refractivity contribution is 6.13. The van der Waals surface area contributed by atoms with Crippen LogP contribution < -0.4 is 0 Å². The van der Waals surface area contributed by atoms with Gasteiger partial charge in [-0.25, -0.2) is 15.0 Å². The largest absolute Gasteiger partial charge is 0.455 e. The number of aromatic nitrogens is 5. The van der Waals surface area contributed by atoms with Crippen molar-refractivity contribution in [1.29, 1.82) is 0 Å². The van der Waals surface area contributed by atoms with Crippen LogP contribution in [0.3, 0.4) is 0 Å². The van der Waals surface area contributed by atoms with E-state index >= 15 is 0 Å². The Labute approximate surface area is 317 Å². The van der Waals surface area contributed by atoms with Crippen molar-refractivity contribution in [1.82, 2.24) is 24.9 Å². The fourth-order valence-corrected chi connectivity index (χ4v) is 7.22. The normalized spacial score (nSPS) is 11.3. The highest BCUT2D eigenvalue weighted by Crippen LogP contribution is 2.42. The molecule has 0 aliphatic rings. The lowest BCUT2D eigenvalue weighted by Crippen LogP contribution is -2.00. The third-order valence-corrected chi connectivity index (χ3v) is 9.89. The van der Waals surface area contributed by atoms with Crippen molar-refractivity contribution in [3.63, 3.8) is 0 Å². The molecule has 0 radical (unpaired) electrons. The average molecular weight is 706 g/mol. The summed E-state index contributed by atoms with van der Waals surface area (Å²) in [7, 11) is 0. The Morgan fingerprint density at radius 1 is 0.309 bits per heavy atom. The first-order valence-electron chi connectivity index (χ1n) is 18.1. The molecule has 0 spiro atoms. The Bertz CT molecular complexity index is 2850. The molecule has 0 saturated carbocycles. The fraction of sp³-hybridized carbons (Fsp3) is 0. The summed E-state index contributed by atoms with van der Waals surface area (Å²) in [6.07, 6.45) is 7.39. The molecule has 0 amide bonds. The average Bonchev–Trinajstić information content (AvgIpc) is 3.67. The molecule has 10 aromatic rings. The van der Waals surface area contributed by atoms with Crippen molar-refractivity contribution in [2.75, 3.05) is 0 Å². The predicted octanol–water partition coefficient (Wildman–Crippen LogP) is 12.2. The highest BCUT2D eigenvalue weighted by Gasteiger charge is 2.18. The van der Waals surface area contributed by atoms with Crippen molar-refractivity contribution >= 4 is 21.9 Å². The lowest BCUT2D eigenvalue weighted by molar-refractivity contribution is 0.671. The van der Waals surface area contributed by atoms with Crippen LogP contribution in [-0.2, 0) is 0 Å². The number of hydrogen-bond acceptors (Lipinski definition) is 6. The number of pyridine rings is 2. The zero-order chi connectivity index (χ0) is 36.6. The van der Waals surface area contributed by atoms with Gasteiger partial charge in [0.1, 0.15) is 11.2 Å². The Hall–Kier alpha value is -7.57. The van der Waals surface area contributed by atoms with Crippen LogP contribution in [0.25, 0.3) is 101 Å². The second kappa shape index (κ2) is 13.8. The van der Waals surface area contributed by atoms with E-state index in [4.69, 9.17) is 19.4 Å². The van der Waals surface area contributed by atoms with Gasteiger partial charge in [0.05, 0.1) is 0 Å². The van der Waals surface area contributed by atoms with Crippen LogP contribution in [0, 0.1) is 0 Å². The van der Waals surface area contributed by atoms with Gasteiger partial charge in [0.15, 0.2) is 17.5 Å². The molecule has 6 nitrogen and oxygen atoms in total. The first kappa shape index (κ1) is 32.1. The number of fused-ring (bicyclic) bond motifs is 3. The van der Waals surface area contributed by atoms with Gasteiger partial charge in [0.2, 0.25) is 0 Å². The van der Waals surface area contributed by atoms with Gasteiger partial charge >= 0.3 is 0 Å². The van der Waals surface area contributed by atoms with Gasteiger partial charge in [-0.3, -0.25) is 9.97 Å². The van der Waals surface area contributed by atoms with Crippen LogP contribution in [0.15, 0.2) is 193 Å². The topological polar surface area (TPSA) is 77.6 Å². The van der Waals surface area contributed by atoms with Gasteiger partial charge in [-0.05, 0) is 58.7 Å². The van der Waals surface area contributed by atoms with Crippen LogP contribution in [0.1, 0.15) is 0 Å². The number of hydrogen-bond donors (Lipinski definition) is 0. The Morgan fingerprint density at radius 2 is 0.727 bits per heavy atom. The summed E-state index contributed by atoms with van der Waals surface area (Å²) in [6.45, 7) is 0. The molecule has 0 unspecified atom stereocenters. The van der Waals surface area contributed by atoms with E-state index in [-0.39, 0.29) is 0 Å². The number of furan rings is 1. The van der Waals surface area contributed by atoms with E-state index in [9.17, 15) is 0 Å². The molecule has 0 saturated heterocycles. The molecule has 0 bridgehead atoms. The highest BCUT2D eigenvalue weighted by atomic mass is 16.3. The molecule has 6 heteroatoms. The van der Waals surface area contributed by atoms with E-state index < -0.39 is 0 Å². The minimum atomic E-state index is 0.603. The third kappa shape index (κ3) is 6.11. The van der Waals surface area contributed by atoms with Crippen molar-refractivity contribution < 1.29 is 4.42 Å². The molecule has 0 N–H and O–H groups in total. The Kier molecular flexibility index (Phi) is 8.04. The van der Waals surface area contributed by atoms with Gasteiger partial charge in [-0.1, -0.05) is 127 Å². The molecule has 4 heterocycles. The smallest absolute Gasteiger partial charge is 0.164 e. The molecule has 10 rings (SSSR count). The molecule has 0 aliphatic carbocycles. The van der Waals surface area contributed by atoms with Crippen LogP contribution in [0.2, 0.25) is 0 Å². The summed E-state index contributed by atoms with van der Waals surface area (Å²) in [5.74, 6) is 1.86. The molecule has 55 heavy (non-hydrogen) atoms. The molecular weight excluding hydrogens is 675 g/mol. The summed E-state index contributed by atoms with van der Waals surface area (Å²) in [4.78, 5) is 23.6. The second-order valence-corrected chi connectivity index (χ2v) is 13.4. The third-order valence-electron chi connectivity index (χ3n) is 9.89. The van der Waals surface area contributed by atoms with Crippen molar-refractivity contribution in [2.45, 2.75) is 0 Å². The van der Waals surface area contributed by atoms with Gasteiger partial charge in [0.25, 0.3) is 0 Å². The zero-order valence-electron chi connectivity index (χ0n) is 29.5. The van der Waals surface area contributed by atoms with Crippen LogP contribution in [0.5, 0.6) is 0 Å². The van der Waals surface area contributed by atoms with E-state index in [0.29, 0.717) is 17.5 Å². The molecule has 4 aromatic heterocycles. The summed E-state index contributed by atoms with van der Waals surface area (Å²) in [5.41, 5.74) is 12.7. The number of benzene rings is 6. The van der Waals surface area contributed by atoms with Crippen molar-refractivity contribution in [2.24, 2.45) is 0 Å². The minimum absolute atomic E-state index is 0.603. The van der Waals surface area contributed by atoms with E-state index in [1.807, 2.05) is 91.3 Å². The lowest BCUT2D eigenvalue weighted by Gasteiger charge is -2.11. The van der Waals surface area contributed by atoms with E-state index in [2.05, 4.69) is 94.9 Å². The first-order chi connectivity index (χ1) is 27.2. The second-order valence-electron chi connectivity index (χ2n) is 13.4. The summed E-state index contributed by atoms with van der Waals surface area (Å²) >= 11 is 0. The Balaban J connectivity index is 1.11. The number of nitrogens with zero attached hydrogens (tertiary/aromatic N) is 5. The minimum Gasteiger partial charge on any atom is -0.455 e. The number of para-hydroxylation sites is 2. The molecule has 6 aromatic carbocycles. The molecule has 0 atom stereocenters. The molecule has 0 aliphatic heterocycles. The van der Waals surface area contributed by atoms with E-state index in [1.54, 1.807) is 12.4 Å². The van der Waals surface area contributed by atoms with Crippen molar-refractivity contribution in [3.8, 4) is 78.7 Å². The maximum atomic E-state index is 6.95. The van der Waals surface area contributed by atoms with Crippen molar-refractivity contribution in [3.05, 3.63) is 189 Å². The summed E-state index contributed by atoms with van der Waals surface area (Å²) < 4.78 is 6.95. The van der Waals surface area contributed by atoms with Gasteiger partial charge < -0.3 is 4.42 Å². The van der Waals surface area contributed by atoms with Crippen LogP contribution in [-0.4, -0.2) is 24.9 Å². The Morgan fingerprint density at radius 3 is 1.25 bits per heavy atom. The first-order valence-corrected chi connectivity index (χ1v) is 18.1. The maximum Gasteiger partial charge on any atom is 0.164 e. The monoisotopic (exact) mass is 705 g/mol. The van der Waals surface area contributed by atoms with E-state index in [0.717, 1.165) is 83.1 Å². The molecular formula is C49H31N5O.